The van der Waals surface area contributed by atoms with Gasteiger partial charge in [0.15, 0.2) is 5.75 Å². The summed E-state index contributed by atoms with van der Waals surface area (Å²) in [6.45, 7) is 0. The minimum Gasteiger partial charge on any atom is -0.436 e. The number of non-ortho nitro benzene ring substituents is 1. The predicted octanol–water partition coefficient (Wildman–Crippen LogP) is 4.96. The van der Waals surface area contributed by atoms with E-state index in [1.807, 2.05) is 0 Å². The maximum Gasteiger partial charge on any atom is 0.273 e. The second-order valence-electron chi connectivity index (χ2n) is 3.41. The van der Waals surface area contributed by atoms with Crippen molar-refractivity contribution >= 4 is 49.1 Å². The second-order valence-corrected chi connectivity index (χ2v) is 5.59. The Morgan fingerprint density at radius 1 is 1.32 bits per heavy atom. The summed E-state index contributed by atoms with van der Waals surface area (Å²) < 4.78 is 6.75. The van der Waals surface area contributed by atoms with Crippen LogP contribution in [0.2, 0.25) is 5.02 Å². The number of pyridine rings is 1. The molecule has 0 atom stereocenters. The standard InChI is InChI=1S/C11H5Br2ClN2O3/c12-6-3-9(14)11(15-5-6)19-10-4-7(16(17)18)1-2-8(10)13/h1-5H. The van der Waals surface area contributed by atoms with Crippen LogP contribution in [0.25, 0.3) is 0 Å². The lowest BCUT2D eigenvalue weighted by atomic mass is 10.3. The van der Waals surface area contributed by atoms with Crippen molar-refractivity contribution in [2.45, 2.75) is 0 Å². The molecule has 0 saturated carbocycles. The molecule has 0 spiro atoms. The Hall–Kier alpha value is -1.18. The van der Waals surface area contributed by atoms with Gasteiger partial charge < -0.3 is 4.74 Å². The van der Waals surface area contributed by atoms with Gasteiger partial charge in [0.1, 0.15) is 5.02 Å². The molecule has 8 heteroatoms. The van der Waals surface area contributed by atoms with E-state index in [2.05, 4.69) is 36.8 Å². The molecule has 2 rings (SSSR count). The largest absolute Gasteiger partial charge is 0.436 e. The highest BCUT2D eigenvalue weighted by Crippen LogP contribution is 2.35. The fourth-order valence-electron chi connectivity index (χ4n) is 1.27. The summed E-state index contributed by atoms with van der Waals surface area (Å²) in [6, 6.07) is 5.81. The molecule has 19 heavy (non-hydrogen) atoms. The van der Waals surface area contributed by atoms with Crippen LogP contribution in [0, 0.1) is 10.1 Å². The van der Waals surface area contributed by atoms with Gasteiger partial charge in [0.05, 0.1) is 15.5 Å². The number of nitrogens with zero attached hydrogens (tertiary/aromatic N) is 2. The van der Waals surface area contributed by atoms with Gasteiger partial charge in [-0.15, -0.1) is 0 Å². The van der Waals surface area contributed by atoms with Gasteiger partial charge in [-0.05, 0) is 44.0 Å². The topological polar surface area (TPSA) is 65.3 Å². The Bertz CT molecular complexity index is 652. The van der Waals surface area contributed by atoms with E-state index < -0.39 is 4.92 Å². The van der Waals surface area contributed by atoms with E-state index >= 15 is 0 Å². The van der Waals surface area contributed by atoms with E-state index in [4.69, 9.17) is 16.3 Å². The average Bonchev–Trinajstić information content (AvgIpc) is 2.34. The number of ether oxygens (including phenoxy) is 1. The molecular weight excluding hydrogens is 403 g/mol. The van der Waals surface area contributed by atoms with Crippen LogP contribution < -0.4 is 4.74 Å². The lowest BCUT2D eigenvalue weighted by Crippen LogP contribution is -1.93. The average molecular weight is 408 g/mol. The third kappa shape index (κ3) is 3.43. The molecule has 1 aromatic carbocycles. The molecule has 98 valence electrons. The van der Waals surface area contributed by atoms with Gasteiger partial charge in [-0.3, -0.25) is 10.1 Å². The molecule has 0 unspecified atom stereocenters. The first-order valence-electron chi connectivity index (χ1n) is 4.90. The van der Waals surface area contributed by atoms with Gasteiger partial charge in [0.25, 0.3) is 5.69 Å². The summed E-state index contributed by atoms with van der Waals surface area (Å²) in [7, 11) is 0. The highest BCUT2D eigenvalue weighted by Gasteiger charge is 2.13. The van der Waals surface area contributed by atoms with Gasteiger partial charge in [-0.2, -0.15) is 0 Å². The summed E-state index contributed by atoms with van der Waals surface area (Å²) in [5, 5.41) is 11.0. The lowest BCUT2D eigenvalue weighted by Gasteiger charge is -2.08. The number of benzene rings is 1. The highest BCUT2D eigenvalue weighted by molar-refractivity contribution is 9.10. The molecule has 0 aliphatic heterocycles. The molecule has 0 N–H and O–H groups in total. The van der Waals surface area contributed by atoms with Crippen molar-refractivity contribution in [3.8, 4) is 11.6 Å². The van der Waals surface area contributed by atoms with Crippen LogP contribution in [-0.2, 0) is 0 Å². The van der Waals surface area contributed by atoms with Gasteiger partial charge in [-0.1, -0.05) is 11.6 Å². The van der Waals surface area contributed by atoms with Gasteiger partial charge in [0, 0.05) is 16.7 Å². The van der Waals surface area contributed by atoms with E-state index in [-0.39, 0.29) is 17.3 Å². The number of nitro benzene ring substituents is 1. The van der Waals surface area contributed by atoms with Crippen molar-refractivity contribution in [1.29, 1.82) is 0 Å². The molecule has 0 bridgehead atoms. The maximum absolute atomic E-state index is 10.7. The zero-order valence-corrected chi connectivity index (χ0v) is 13.1. The Labute approximate surface area is 130 Å². The summed E-state index contributed by atoms with van der Waals surface area (Å²) >= 11 is 12.4. The number of halogens is 3. The second kappa shape index (κ2) is 5.85. The van der Waals surface area contributed by atoms with Crippen LogP contribution in [0.4, 0.5) is 5.69 Å². The van der Waals surface area contributed by atoms with Crippen LogP contribution in [0.15, 0.2) is 39.4 Å². The third-order valence-electron chi connectivity index (χ3n) is 2.11. The minimum absolute atomic E-state index is 0.0774. The quantitative estimate of drug-likeness (QED) is 0.532. The first-order chi connectivity index (χ1) is 8.97. The number of hydrogen-bond donors (Lipinski definition) is 0. The fraction of sp³-hybridized carbons (Fsp3) is 0. The number of hydrogen-bond acceptors (Lipinski definition) is 4. The summed E-state index contributed by atoms with van der Waals surface area (Å²) in [5.41, 5.74) is -0.0774. The van der Waals surface area contributed by atoms with E-state index in [1.54, 1.807) is 6.07 Å². The Morgan fingerprint density at radius 3 is 2.68 bits per heavy atom. The monoisotopic (exact) mass is 406 g/mol. The van der Waals surface area contributed by atoms with E-state index in [0.29, 0.717) is 14.0 Å². The van der Waals surface area contributed by atoms with Crippen molar-refractivity contribution in [2.24, 2.45) is 0 Å². The smallest absolute Gasteiger partial charge is 0.273 e. The molecule has 0 radical (unpaired) electrons. The van der Waals surface area contributed by atoms with E-state index in [0.717, 1.165) is 0 Å². The van der Waals surface area contributed by atoms with Crippen molar-refractivity contribution in [3.05, 3.63) is 54.5 Å². The zero-order chi connectivity index (χ0) is 14.0. The van der Waals surface area contributed by atoms with Crippen molar-refractivity contribution < 1.29 is 9.66 Å². The van der Waals surface area contributed by atoms with Gasteiger partial charge in [-0.25, -0.2) is 4.98 Å². The molecule has 0 aliphatic rings. The third-order valence-corrected chi connectivity index (χ3v) is 3.47. The number of aromatic nitrogens is 1. The Morgan fingerprint density at radius 2 is 2.05 bits per heavy atom. The molecule has 0 aliphatic carbocycles. The van der Waals surface area contributed by atoms with Crippen molar-refractivity contribution in [3.63, 3.8) is 0 Å². The normalized spacial score (nSPS) is 10.3. The Kier molecular flexibility index (Phi) is 4.38. The lowest BCUT2D eigenvalue weighted by molar-refractivity contribution is -0.384. The van der Waals surface area contributed by atoms with Crippen LogP contribution in [-0.4, -0.2) is 9.91 Å². The molecule has 0 amide bonds. The predicted molar refractivity (Wildman–Crippen MR) is 77.8 cm³/mol. The van der Waals surface area contributed by atoms with E-state index in [9.17, 15) is 10.1 Å². The van der Waals surface area contributed by atoms with Crippen molar-refractivity contribution in [1.82, 2.24) is 4.98 Å². The first-order valence-corrected chi connectivity index (χ1v) is 6.86. The molecule has 5 nitrogen and oxygen atoms in total. The van der Waals surface area contributed by atoms with Crippen molar-refractivity contribution in [2.75, 3.05) is 0 Å². The highest BCUT2D eigenvalue weighted by atomic mass is 79.9. The molecule has 1 aromatic heterocycles. The summed E-state index contributed by atoms with van der Waals surface area (Å²) in [4.78, 5) is 14.2. The zero-order valence-electron chi connectivity index (χ0n) is 9.14. The van der Waals surface area contributed by atoms with Crippen LogP contribution in [0.3, 0.4) is 0 Å². The van der Waals surface area contributed by atoms with Crippen LogP contribution in [0.1, 0.15) is 0 Å². The van der Waals surface area contributed by atoms with Crippen LogP contribution >= 0.6 is 43.5 Å². The van der Waals surface area contributed by atoms with Gasteiger partial charge >= 0.3 is 0 Å². The SMILES string of the molecule is O=[N+]([O-])c1ccc(Br)c(Oc2ncc(Br)cc2Cl)c1. The maximum atomic E-state index is 10.7. The number of rotatable bonds is 3. The molecule has 0 fully saturated rings. The molecular formula is C11H5Br2ClN2O3. The minimum atomic E-state index is -0.504. The first kappa shape index (κ1) is 14.2. The number of nitro groups is 1. The molecule has 2 aromatic rings. The summed E-state index contributed by atoms with van der Waals surface area (Å²) in [6.07, 6.45) is 1.52. The Balaban J connectivity index is 2.37. The molecule has 1 heterocycles. The van der Waals surface area contributed by atoms with Crippen LogP contribution in [0.5, 0.6) is 11.6 Å². The molecule has 0 saturated heterocycles. The van der Waals surface area contributed by atoms with E-state index in [1.165, 1.54) is 24.4 Å². The van der Waals surface area contributed by atoms with Gasteiger partial charge in [0.2, 0.25) is 5.88 Å². The fourth-order valence-corrected chi connectivity index (χ4v) is 2.26. The summed E-state index contributed by atoms with van der Waals surface area (Å²) in [5.74, 6) is 0.442.